The average Bonchev–Trinajstić information content (AvgIpc) is 2.58. The standard InChI is InChI=1S/C15H20O3/c1-8-10-6-11-9(2)12(16)4-5-15(11,3)7-13(10)18-14(8)17/h11-13,16H,2,4-7H2,1,3H3/t11-,12?,13?,15+/m0/s1. The fraction of sp³-hybridized carbons (Fsp3) is 0.667. The van der Waals surface area contributed by atoms with Crippen LogP contribution in [0.5, 0.6) is 0 Å². The topological polar surface area (TPSA) is 46.5 Å². The Morgan fingerprint density at radius 1 is 1.50 bits per heavy atom. The number of carbonyl (C=O) groups excluding carboxylic acids is 1. The van der Waals surface area contributed by atoms with Crippen LogP contribution in [0.3, 0.4) is 0 Å². The zero-order valence-corrected chi connectivity index (χ0v) is 11.0. The van der Waals surface area contributed by atoms with Gasteiger partial charge in [-0.15, -0.1) is 0 Å². The van der Waals surface area contributed by atoms with Crippen LogP contribution in [0.2, 0.25) is 0 Å². The lowest BCUT2D eigenvalue weighted by atomic mass is 9.56. The van der Waals surface area contributed by atoms with E-state index in [1.165, 1.54) is 0 Å². The van der Waals surface area contributed by atoms with E-state index in [-0.39, 0.29) is 29.5 Å². The molecule has 2 fully saturated rings. The van der Waals surface area contributed by atoms with Crippen molar-refractivity contribution in [2.45, 2.75) is 51.7 Å². The fourth-order valence-electron chi connectivity index (χ4n) is 3.88. The Morgan fingerprint density at radius 2 is 2.22 bits per heavy atom. The molecule has 1 aliphatic heterocycles. The summed E-state index contributed by atoms with van der Waals surface area (Å²) >= 11 is 0. The van der Waals surface area contributed by atoms with Crippen LogP contribution in [0.1, 0.15) is 39.5 Å². The molecule has 18 heavy (non-hydrogen) atoms. The van der Waals surface area contributed by atoms with Crippen molar-refractivity contribution in [3.8, 4) is 0 Å². The van der Waals surface area contributed by atoms with Gasteiger partial charge in [0.15, 0.2) is 0 Å². The van der Waals surface area contributed by atoms with Crippen molar-refractivity contribution in [3.63, 3.8) is 0 Å². The van der Waals surface area contributed by atoms with Crippen molar-refractivity contribution >= 4 is 5.97 Å². The van der Waals surface area contributed by atoms with Crippen molar-refractivity contribution in [1.29, 1.82) is 0 Å². The third-order valence-electron chi connectivity index (χ3n) is 5.21. The molecule has 0 aromatic carbocycles. The average molecular weight is 248 g/mol. The fourth-order valence-corrected chi connectivity index (χ4v) is 3.88. The van der Waals surface area contributed by atoms with Crippen LogP contribution in [0.4, 0.5) is 0 Å². The molecular weight excluding hydrogens is 228 g/mol. The Labute approximate surface area is 108 Å². The van der Waals surface area contributed by atoms with Crippen LogP contribution >= 0.6 is 0 Å². The highest BCUT2D eigenvalue weighted by Crippen LogP contribution is 2.55. The van der Waals surface area contributed by atoms with Gasteiger partial charge >= 0.3 is 5.97 Å². The molecule has 1 heterocycles. The highest BCUT2D eigenvalue weighted by Gasteiger charge is 2.50. The predicted octanol–water partition coefficient (Wildman–Crippen LogP) is 2.36. The van der Waals surface area contributed by atoms with Crippen LogP contribution < -0.4 is 0 Å². The number of hydrogen-bond acceptors (Lipinski definition) is 3. The largest absolute Gasteiger partial charge is 0.454 e. The Morgan fingerprint density at radius 3 is 2.94 bits per heavy atom. The van der Waals surface area contributed by atoms with Gasteiger partial charge in [0.25, 0.3) is 0 Å². The van der Waals surface area contributed by atoms with Gasteiger partial charge in [0, 0.05) is 5.57 Å². The van der Waals surface area contributed by atoms with Crippen molar-refractivity contribution in [2.75, 3.05) is 0 Å². The van der Waals surface area contributed by atoms with Gasteiger partial charge in [0.05, 0.1) is 6.10 Å². The summed E-state index contributed by atoms with van der Waals surface area (Å²) in [4.78, 5) is 11.6. The van der Waals surface area contributed by atoms with Crippen molar-refractivity contribution < 1.29 is 14.6 Å². The minimum Gasteiger partial charge on any atom is -0.454 e. The van der Waals surface area contributed by atoms with E-state index in [9.17, 15) is 9.90 Å². The highest BCUT2D eigenvalue weighted by molar-refractivity contribution is 5.91. The molecule has 3 aliphatic rings. The van der Waals surface area contributed by atoms with E-state index in [4.69, 9.17) is 4.74 Å². The molecule has 98 valence electrons. The molecule has 3 rings (SSSR count). The molecule has 0 saturated heterocycles. The smallest absolute Gasteiger partial charge is 0.334 e. The van der Waals surface area contributed by atoms with E-state index in [1.807, 2.05) is 6.92 Å². The van der Waals surface area contributed by atoms with Gasteiger partial charge in [-0.25, -0.2) is 4.79 Å². The second kappa shape index (κ2) is 3.70. The summed E-state index contributed by atoms with van der Waals surface area (Å²) in [6.45, 7) is 8.18. The van der Waals surface area contributed by atoms with Crippen LogP contribution in [0, 0.1) is 11.3 Å². The molecule has 1 N–H and O–H groups in total. The minimum atomic E-state index is -0.376. The maximum Gasteiger partial charge on any atom is 0.334 e. The molecule has 3 nitrogen and oxygen atoms in total. The number of esters is 1. The van der Waals surface area contributed by atoms with E-state index >= 15 is 0 Å². The molecule has 0 spiro atoms. The number of carbonyl (C=O) groups is 1. The minimum absolute atomic E-state index is 0.0261. The third-order valence-corrected chi connectivity index (χ3v) is 5.21. The van der Waals surface area contributed by atoms with E-state index < -0.39 is 0 Å². The Kier molecular flexibility index (Phi) is 2.46. The molecule has 0 aromatic rings. The molecule has 0 amide bonds. The van der Waals surface area contributed by atoms with E-state index in [0.717, 1.165) is 42.4 Å². The quantitative estimate of drug-likeness (QED) is 0.529. The van der Waals surface area contributed by atoms with Gasteiger partial charge in [-0.2, -0.15) is 0 Å². The molecule has 3 heteroatoms. The third kappa shape index (κ3) is 1.50. The first-order valence-electron chi connectivity index (χ1n) is 6.70. The van der Waals surface area contributed by atoms with E-state index in [2.05, 4.69) is 13.5 Å². The van der Waals surface area contributed by atoms with Gasteiger partial charge in [-0.3, -0.25) is 0 Å². The van der Waals surface area contributed by atoms with Gasteiger partial charge in [-0.05, 0) is 55.1 Å². The van der Waals surface area contributed by atoms with Crippen LogP contribution in [-0.4, -0.2) is 23.3 Å². The molecule has 2 saturated carbocycles. The lowest BCUT2D eigenvalue weighted by Gasteiger charge is -2.49. The Bertz CT molecular complexity index is 462. The first-order chi connectivity index (χ1) is 8.42. The maximum absolute atomic E-state index is 11.6. The SMILES string of the molecule is C=C1C(O)CC[C@]2(C)CC3OC(=O)C(C)=C3C[C@@H]12. The van der Waals surface area contributed by atoms with Crippen LogP contribution in [0.15, 0.2) is 23.3 Å². The number of ether oxygens (including phenoxy) is 1. The Hall–Kier alpha value is -1.09. The van der Waals surface area contributed by atoms with E-state index in [1.54, 1.807) is 0 Å². The maximum atomic E-state index is 11.6. The van der Waals surface area contributed by atoms with Crippen LogP contribution in [0.25, 0.3) is 0 Å². The van der Waals surface area contributed by atoms with Crippen molar-refractivity contribution in [1.82, 2.24) is 0 Å². The number of aliphatic hydroxyl groups excluding tert-OH is 1. The zero-order chi connectivity index (χ0) is 13.1. The predicted molar refractivity (Wildman–Crippen MR) is 67.8 cm³/mol. The molecule has 4 atom stereocenters. The summed E-state index contributed by atoms with van der Waals surface area (Å²) in [5, 5.41) is 9.98. The summed E-state index contributed by atoms with van der Waals surface area (Å²) in [5.41, 5.74) is 2.98. The van der Waals surface area contributed by atoms with Crippen molar-refractivity contribution in [2.24, 2.45) is 11.3 Å². The first kappa shape index (κ1) is 12.0. The zero-order valence-electron chi connectivity index (χ0n) is 11.0. The Balaban J connectivity index is 1.96. The van der Waals surface area contributed by atoms with Gasteiger partial charge in [0.1, 0.15) is 6.10 Å². The van der Waals surface area contributed by atoms with Gasteiger partial charge in [-0.1, -0.05) is 13.5 Å². The lowest BCUT2D eigenvalue weighted by Crippen LogP contribution is -2.44. The monoisotopic (exact) mass is 248 g/mol. The molecule has 0 radical (unpaired) electrons. The molecule has 2 unspecified atom stereocenters. The summed E-state index contributed by atoms with van der Waals surface area (Å²) in [6.07, 6.45) is 3.07. The first-order valence-corrected chi connectivity index (χ1v) is 6.70. The number of aliphatic hydroxyl groups is 1. The molecule has 0 aromatic heterocycles. The van der Waals surface area contributed by atoms with Crippen LogP contribution in [-0.2, 0) is 9.53 Å². The summed E-state index contributed by atoms with van der Waals surface area (Å²) in [6, 6.07) is 0. The summed E-state index contributed by atoms with van der Waals surface area (Å²) in [7, 11) is 0. The molecular formula is C15H20O3. The number of fused-ring (bicyclic) bond motifs is 2. The molecule has 2 aliphatic carbocycles. The lowest BCUT2D eigenvalue weighted by molar-refractivity contribution is -0.142. The normalized spacial score (nSPS) is 43.6. The van der Waals surface area contributed by atoms with Crippen molar-refractivity contribution in [3.05, 3.63) is 23.3 Å². The summed E-state index contributed by atoms with van der Waals surface area (Å²) in [5.74, 6) is 0.125. The second-order valence-corrected chi connectivity index (χ2v) is 6.29. The number of rotatable bonds is 0. The number of hydrogen-bond donors (Lipinski definition) is 1. The van der Waals surface area contributed by atoms with Gasteiger partial charge in [0.2, 0.25) is 0 Å². The summed E-state index contributed by atoms with van der Waals surface area (Å²) < 4.78 is 5.45. The second-order valence-electron chi connectivity index (χ2n) is 6.29. The molecule has 0 bridgehead atoms. The highest BCUT2D eigenvalue weighted by atomic mass is 16.5. The van der Waals surface area contributed by atoms with E-state index in [0.29, 0.717) is 0 Å². The van der Waals surface area contributed by atoms with Gasteiger partial charge < -0.3 is 9.84 Å².